The van der Waals surface area contributed by atoms with Crippen LogP contribution in [0.2, 0.25) is 10.0 Å². The molecule has 0 amide bonds. The van der Waals surface area contributed by atoms with Crippen LogP contribution in [0.1, 0.15) is 6.92 Å². The summed E-state index contributed by atoms with van der Waals surface area (Å²) in [4.78, 5) is 15.1. The van der Waals surface area contributed by atoms with Gasteiger partial charge in [0.1, 0.15) is 6.33 Å². The van der Waals surface area contributed by atoms with Gasteiger partial charge in [0.25, 0.3) is 0 Å². The lowest BCUT2D eigenvalue weighted by atomic mass is 10.3. The Hall–Kier alpha value is -1.72. The third-order valence-electron chi connectivity index (χ3n) is 2.21. The van der Waals surface area contributed by atoms with Gasteiger partial charge in [-0.1, -0.05) is 23.2 Å². The minimum atomic E-state index is -0.790. The normalized spacial score (nSPS) is 10.3. The van der Waals surface area contributed by atoms with Crippen LogP contribution < -0.4 is 4.74 Å². The number of imidazole rings is 1. The summed E-state index contributed by atoms with van der Waals surface area (Å²) >= 11 is 11.8. The van der Waals surface area contributed by atoms with Gasteiger partial charge in [-0.25, -0.2) is 9.78 Å². The van der Waals surface area contributed by atoms with Gasteiger partial charge in [0.05, 0.1) is 22.8 Å². The topological polar surface area (TPSA) is 53.4 Å². The highest BCUT2D eigenvalue weighted by Gasteiger charge is 2.09. The Balaban J connectivity index is 2.16. The quantitative estimate of drug-likeness (QED) is 0.811. The van der Waals surface area contributed by atoms with E-state index < -0.39 is 6.16 Å². The zero-order valence-electron chi connectivity index (χ0n) is 9.97. The van der Waals surface area contributed by atoms with Crippen molar-refractivity contribution < 1.29 is 14.3 Å². The Morgan fingerprint density at radius 2 is 2.16 bits per heavy atom. The molecule has 2 rings (SSSR count). The zero-order valence-corrected chi connectivity index (χ0v) is 11.5. The lowest BCUT2D eigenvalue weighted by Gasteiger charge is -2.03. The Morgan fingerprint density at radius 3 is 2.84 bits per heavy atom. The second kappa shape index (κ2) is 5.95. The monoisotopic (exact) mass is 300 g/mol. The fourth-order valence-electron chi connectivity index (χ4n) is 1.38. The molecule has 100 valence electrons. The van der Waals surface area contributed by atoms with Crippen LogP contribution in [0.5, 0.6) is 5.88 Å². The smallest absolute Gasteiger partial charge is 0.434 e. The summed E-state index contributed by atoms with van der Waals surface area (Å²) in [5, 5.41) is 0.897. The molecule has 0 aliphatic carbocycles. The fourth-order valence-corrected chi connectivity index (χ4v) is 1.67. The van der Waals surface area contributed by atoms with E-state index >= 15 is 0 Å². The van der Waals surface area contributed by atoms with Crippen molar-refractivity contribution in [2.45, 2.75) is 6.92 Å². The van der Waals surface area contributed by atoms with E-state index in [4.69, 9.17) is 27.9 Å². The third kappa shape index (κ3) is 3.39. The number of carbonyl (C=O) groups is 1. The van der Waals surface area contributed by atoms with Crippen molar-refractivity contribution in [1.82, 2.24) is 9.55 Å². The average Bonchev–Trinajstić information content (AvgIpc) is 2.81. The summed E-state index contributed by atoms with van der Waals surface area (Å²) in [6.07, 6.45) is 2.24. The number of carbonyl (C=O) groups excluding carboxylic acids is 1. The van der Waals surface area contributed by atoms with Crippen molar-refractivity contribution >= 4 is 29.4 Å². The number of rotatable bonds is 3. The Morgan fingerprint density at radius 1 is 1.37 bits per heavy atom. The van der Waals surface area contributed by atoms with E-state index in [0.717, 1.165) is 5.69 Å². The van der Waals surface area contributed by atoms with Crippen molar-refractivity contribution in [2.75, 3.05) is 6.61 Å². The van der Waals surface area contributed by atoms with Gasteiger partial charge in [-0.2, -0.15) is 0 Å². The molecule has 1 heterocycles. The van der Waals surface area contributed by atoms with Crippen LogP contribution in [-0.4, -0.2) is 22.3 Å². The first-order chi connectivity index (χ1) is 9.10. The standard InChI is InChI=1S/C12H10Cl2N2O3/c1-2-18-12(17)19-11-6-16(7-15-11)8-3-4-9(13)10(14)5-8/h3-7H,2H2,1H3. The fraction of sp³-hybridized carbons (Fsp3) is 0.167. The summed E-state index contributed by atoms with van der Waals surface area (Å²) in [5.74, 6) is 0.143. The largest absolute Gasteiger partial charge is 0.515 e. The number of nitrogens with zero attached hydrogens (tertiary/aromatic N) is 2. The molecule has 5 nitrogen and oxygen atoms in total. The maximum atomic E-state index is 11.1. The Bertz CT molecular complexity index is 598. The van der Waals surface area contributed by atoms with E-state index in [1.54, 1.807) is 29.7 Å². The molecule has 0 aliphatic heterocycles. The number of halogens is 2. The van der Waals surface area contributed by atoms with Gasteiger partial charge in [0.2, 0.25) is 5.88 Å². The molecule has 0 aliphatic rings. The molecule has 0 spiro atoms. The van der Waals surface area contributed by atoms with E-state index in [9.17, 15) is 4.79 Å². The van der Waals surface area contributed by atoms with Gasteiger partial charge in [0.15, 0.2) is 0 Å². The number of ether oxygens (including phenoxy) is 2. The lowest BCUT2D eigenvalue weighted by Crippen LogP contribution is -2.10. The van der Waals surface area contributed by atoms with Gasteiger partial charge < -0.3 is 14.0 Å². The van der Waals surface area contributed by atoms with E-state index in [2.05, 4.69) is 9.72 Å². The van der Waals surface area contributed by atoms with E-state index in [0.29, 0.717) is 10.0 Å². The molecule has 0 atom stereocenters. The average molecular weight is 301 g/mol. The summed E-state index contributed by atoms with van der Waals surface area (Å²) in [6.45, 7) is 1.93. The molecule has 0 saturated heterocycles. The van der Waals surface area contributed by atoms with Crippen molar-refractivity contribution in [3.8, 4) is 11.6 Å². The lowest BCUT2D eigenvalue weighted by molar-refractivity contribution is 0.103. The summed E-state index contributed by atoms with van der Waals surface area (Å²) in [6, 6.07) is 5.12. The molecular formula is C12H10Cl2N2O3. The molecule has 1 aromatic heterocycles. The second-order valence-electron chi connectivity index (χ2n) is 3.50. The predicted octanol–water partition coefficient (Wildman–Crippen LogP) is 3.71. The van der Waals surface area contributed by atoms with Crippen LogP contribution in [0, 0.1) is 0 Å². The SMILES string of the molecule is CCOC(=O)Oc1cn(-c2ccc(Cl)c(Cl)c2)cn1. The van der Waals surface area contributed by atoms with Crippen molar-refractivity contribution in [2.24, 2.45) is 0 Å². The number of hydrogen-bond acceptors (Lipinski definition) is 4. The van der Waals surface area contributed by atoms with Gasteiger partial charge in [-0.05, 0) is 25.1 Å². The van der Waals surface area contributed by atoms with Crippen LogP contribution >= 0.6 is 23.2 Å². The Labute approximate surface area is 119 Å². The first kappa shape index (κ1) is 13.7. The molecule has 19 heavy (non-hydrogen) atoms. The molecule has 2 aromatic rings. The third-order valence-corrected chi connectivity index (χ3v) is 2.95. The highest BCUT2D eigenvalue weighted by atomic mass is 35.5. The van der Waals surface area contributed by atoms with Crippen LogP contribution in [0.15, 0.2) is 30.7 Å². The Kier molecular flexibility index (Phi) is 4.29. The minimum absolute atomic E-state index is 0.143. The highest BCUT2D eigenvalue weighted by Crippen LogP contribution is 2.25. The molecule has 0 saturated carbocycles. The molecule has 7 heteroatoms. The first-order valence-electron chi connectivity index (χ1n) is 5.44. The van der Waals surface area contributed by atoms with Gasteiger partial charge in [-0.15, -0.1) is 0 Å². The van der Waals surface area contributed by atoms with Gasteiger partial charge in [-0.3, -0.25) is 0 Å². The van der Waals surface area contributed by atoms with Crippen LogP contribution in [0.25, 0.3) is 5.69 Å². The number of benzene rings is 1. The molecule has 0 unspecified atom stereocenters. The van der Waals surface area contributed by atoms with E-state index in [1.807, 2.05) is 0 Å². The number of hydrogen-bond donors (Lipinski definition) is 0. The van der Waals surface area contributed by atoms with Crippen LogP contribution in [-0.2, 0) is 4.74 Å². The highest BCUT2D eigenvalue weighted by molar-refractivity contribution is 6.42. The van der Waals surface area contributed by atoms with Gasteiger partial charge >= 0.3 is 6.16 Å². The molecule has 0 bridgehead atoms. The van der Waals surface area contributed by atoms with Crippen molar-refractivity contribution in [3.63, 3.8) is 0 Å². The van der Waals surface area contributed by atoms with E-state index in [1.165, 1.54) is 12.5 Å². The molecule has 0 fully saturated rings. The van der Waals surface area contributed by atoms with Crippen LogP contribution in [0.4, 0.5) is 4.79 Å². The number of aromatic nitrogens is 2. The molecule has 1 aromatic carbocycles. The molecular weight excluding hydrogens is 291 g/mol. The predicted molar refractivity (Wildman–Crippen MR) is 71.2 cm³/mol. The van der Waals surface area contributed by atoms with Crippen LogP contribution in [0.3, 0.4) is 0 Å². The van der Waals surface area contributed by atoms with Crippen molar-refractivity contribution in [1.29, 1.82) is 0 Å². The summed E-state index contributed by atoms with van der Waals surface area (Å²) < 4.78 is 11.2. The molecule has 0 N–H and O–H groups in total. The minimum Gasteiger partial charge on any atom is -0.434 e. The zero-order chi connectivity index (χ0) is 13.8. The van der Waals surface area contributed by atoms with E-state index in [-0.39, 0.29) is 12.5 Å². The molecule has 0 radical (unpaired) electrons. The maximum absolute atomic E-state index is 11.1. The summed E-state index contributed by atoms with van der Waals surface area (Å²) in [7, 11) is 0. The first-order valence-corrected chi connectivity index (χ1v) is 6.19. The van der Waals surface area contributed by atoms with Crippen molar-refractivity contribution in [3.05, 3.63) is 40.8 Å². The van der Waals surface area contributed by atoms with Gasteiger partial charge in [0, 0.05) is 5.69 Å². The summed E-state index contributed by atoms with van der Waals surface area (Å²) in [5.41, 5.74) is 0.751. The maximum Gasteiger partial charge on any atom is 0.515 e. The second-order valence-corrected chi connectivity index (χ2v) is 4.32.